The first-order valence-electron chi connectivity index (χ1n) is 10.9. The lowest BCUT2D eigenvalue weighted by Crippen LogP contribution is -2.20. The molecule has 0 heterocycles. The fraction of sp³-hybridized carbons (Fsp3) is 0.583. The van der Waals surface area contributed by atoms with E-state index < -0.39 is 18.2 Å². The van der Waals surface area contributed by atoms with Gasteiger partial charge in [0.05, 0.1) is 18.8 Å². The Kier molecular flexibility index (Phi) is 11.3. The number of aliphatic carboxylic acids is 1. The number of thioether (sulfide) groups is 1. The molecular weight excluding hydrogens is 416 g/mol. The summed E-state index contributed by atoms with van der Waals surface area (Å²) in [6, 6.07) is 7.92. The quantitative estimate of drug-likeness (QED) is 0.295. The molecule has 0 spiro atoms. The number of Topliss-reactive ketones (excluding diaryl/α,β-unsaturated/α-hetero) is 1. The molecule has 1 aliphatic rings. The van der Waals surface area contributed by atoms with Gasteiger partial charge in [-0.05, 0) is 42.4 Å². The SMILES string of the molecule is CCOCc1cccc(C[C@H](O)C=C[C@H]2[C@H](O)CC(=O)[C@@H]2CCSCCCC(=O)O)c1. The van der Waals surface area contributed by atoms with Crippen molar-refractivity contribution in [2.24, 2.45) is 11.8 Å². The molecule has 1 fully saturated rings. The highest BCUT2D eigenvalue weighted by atomic mass is 32.2. The summed E-state index contributed by atoms with van der Waals surface area (Å²) in [4.78, 5) is 22.9. The molecule has 172 valence electrons. The standard InChI is InChI=1S/C24H34O6S/c1-2-30-16-18-6-3-5-17(13-18)14-19(25)8-9-20-21(23(27)15-22(20)26)10-12-31-11-4-7-24(28)29/h3,5-6,8-9,13,19-22,25-26H,2,4,7,10-12,14-16H2,1H3,(H,28,29)/t19-,20-,21-,22-/m1/s1. The predicted octanol–water partition coefficient (Wildman–Crippen LogP) is 3.24. The van der Waals surface area contributed by atoms with E-state index in [0.29, 0.717) is 32.5 Å². The van der Waals surface area contributed by atoms with Crippen molar-refractivity contribution >= 4 is 23.5 Å². The molecule has 2 rings (SSSR count). The average Bonchev–Trinajstić information content (AvgIpc) is 2.99. The number of benzene rings is 1. The van der Waals surface area contributed by atoms with Gasteiger partial charge >= 0.3 is 5.97 Å². The van der Waals surface area contributed by atoms with E-state index in [2.05, 4.69) is 0 Å². The van der Waals surface area contributed by atoms with Crippen LogP contribution >= 0.6 is 11.8 Å². The molecule has 0 saturated heterocycles. The zero-order valence-corrected chi connectivity index (χ0v) is 18.9. The summed E-state index contributed by atoms with van der Waals surface area (Å²) >= 11 is 1.64. The Hall–Kier alpha value is -1.67. The van der Waals surface area contributed by atoms with Crippen molar-refractivity contribution in [2.45, 2.75) is 57.8 Å². The average molecular weight is 451 g/mol. The van der Waals surface area contributed by atoms with Crippen LogP contribution in [0.25, 0.3) is 0 Å². The van der Waals surface area contributed by atoms with E-state index in [4.69, 9.17) is 9.84 Å². The van der Waals surface area contributed by atoms with Crippen molar-refractivity contribution in [3.63, 3.8) is 0 Å². The molecule has 0 aliphatic heterocycles. The highest BCUT2D eigenvalue weighted by molar-refractivity contribution is 7.99. The summed E-state index contributed by atoms with van der Waals surface area (Å²) in [5, 5.41) is 29.4. The number of carbonyl (C=O) groups excluding carboxylic acids is 1. The molecule has 7 heteroatoms. The van der Waals surface area contributed by atoms with Crippen LogP contribution in [-0.4, -0.2) is 57.4 Å². The Morgan fingerprint density at radius 1 is 1.32 bits per heavy atom. The van der Waals surface area contributed by atoms with E-state index in [0.717, 1.165) is 22.6 Å². The van der Waals surface area contributed by atoms with Crippen LogP contribution in [-0.2, 0) is 27.4 Å². The minimum absolute atomic E-state index is 0.0615. The third kappa shape index (κ3) is 9.15. The number of aliphatic hydroxyl groups is 2. The maximum Gasteiger partial charge on any atom is 0.303 e. The van der Waals surface area contributed by atoms with Gasteiger partial charge in [-0.3, -0.25) is 9.59 Å². The van der Waals surface area contributed by atoms with Gasteiger partial charge in [0.15, 0.2) is 0 Å². The van der Waals surface area contributed by atoms with Gasteiger partial charge in [0.1, 0.15) is 5.78 Å². The second-order valence-electron chi connectivity index (χ2n) is 7.93. The van der Waals surface area contributed by atoms with E-state index in [1.165, 1.54) is 0 Å². The van der Waals surface area contributed by atoms with Crippen LogP contribution in [0.1, 0.15) is 43.7 Å². The highest BCUT2D eigenvalue weighted by Gasteiger charge is 2.39. The molecule has 0 amide bonds. The third-order valence-electron chi connectivity index (χ3n) is 5.45. The molecule has 3 N–H and O–H groups in total. The van der Waals surface area contributed by atoms with E-state index in [1.807, 2.05) is 31.2 Å². The summed E-state index contributed by atoms with van der Waals surface area (Å²) in [6.07, 6.45) is 4.10. The van der Waals surface area contributed by atoms with Crippen LogP contribution in [0.4, 0.5) is 0 Å². The number of hydrogen-bond donors (Lipinski definition) is 3. The van der Waals surface area contributed by atoms with E-state index >= 15 is 0 Å². The number of hydrogen-bond acceptors (Lipinski definition) is 6. The van der Waals surface area contributed by atoms with Crippen molar-refractivity contribution < 1.29 is 29.6 Å². The van der Waals surface area contributed by atoms with Crippen LogP contribution in [0.2, 0.25) is 0 Å². The van der Waals surface area contributed by atoms with Crippen LogP contribution < -0.4 is 0 Å². The van der Waals surface area contributed by atoms with E-state index in [-0.39, 0.29) is 30.5 Å². The van der Waals surface area contributed by atoms with Crippen LogP contribution in [0.3, 0.4) is 0 Å². The van der Waals surface area contributed by atoms with Crippen LogP contribution in [0.15, 0.2) is 36.4 Å². The summed E-state index contributed by atoms with van der Waals surface area (Å²) < 4.78 is 5.43. The lowest BCUT2D eigenvalue weighted by molar-refractivity contribution is -0.137. The van der Waals surface area contributed by atoms with Gasteiger partial charge in [0.25, 0.3) is 0 Å². The molecule has 1 saturated carbocycles. The number of rotatable bonds is 14. The molecule has 4 atom stereocenters. The van der Waals surface area contributed by atoms with Gasteiger partial charge in [0.2, 0.25) is 0 Å². The monoisotopic (exact) mass is 450 g/mol. The van der Waals surface area contributed by atoms with Crippen molar-refractivity contribution in [2.75, 3.05) is 18.1 Å². The Bertz CT molecular complexity index is 735. The Labute approximate surface area is 188 Å². The van der Waals surface area contributed by atoms with Crippen molar-refractivity contribution in [3.8, 4) is 0 Å². The normalized spacial score (nSPS) is 22.3. The molecule has 31 heavy (non-hydrogen) atoms. The maximum atomic E-state index is 12.3. The number of carboxylic acid groups (broad SMARTS) is 1. The predicted molar refractivity (Wildman–Crippen MR) is 122 cm³/mol. The second kappa shape index (κ2) is 13.7. The minimum atomic E-state index is -0.792. The van der Waals surface area contributed by atoms with Crippen LogP contribution in [0.5, 0.6) is 0 Å². The van der Waals surface area contributed by atoms with Gasteiger partial charge in [0, 0.05) is 37.7 Å². The molecule has 1 aromatic rings. The number of carbonyl (C=O) groups is 2. The summed E-state index contributed by atoms with van der Waals surface area (Å²) in [5.41, 5.74) is 2.07. The molecule has 0 radical (unpaired) electrons. The Morgan fingerprint density at radius 3 is 2.84 bits per heavy atom. The molecular formula is C24H34O6S. The molecule has 0 aromatic heterocycles. The molecule has 1 aromatic carbocycles. The van der Waals surface area contributed by atoms with E-state index in [9.17, 15) is 19.8 Å². The van der Waals surface area contributed by atoms with Gasteiger partial charge in [-0.1, -0.05) is 36.4 Å². The van der Waals surface area contributed by atoms with Crippen molar-refractivity contribution in [1.82, 2.24) is 0 Å². The molecule has 6 nitrogen and oxygen atoms in total. The largest absolute Gasteiger partial charge is 0.481 e. The zero-order valence-electron chi connectivity index (χ0n) is 18.1. The summed E-state index contributed by atoms with van der Waals surface area (Å²) in [7, 11) is 0. The van der Waals surface area contributed by atoms with Crippen molar-refractivity contribution in [1.29, 1.82) is 0 Å². The first-order valence-corrected chi connectivity index (χ1v) is 12.1. The Morgan fingerprint density at radius 2 is 2.10 bits per heavy atom. The third-order valence-corrected chi connectivity index (χ3v) is 6.55. The first-order chi connectivity index (χ1) is 14.9. The Balaban J connectivity index is 1.85. The molecule has 0 unspecified atom stereocenters. The molecule has 0 bridgehead atoms. The highest BCUT2D eigenvalue weighted by Crippen LogP contribution is 2.34. The number of aliphatic hydroxyl groups excluding tert-OH is 2. The fourth-order valence-corrected chi connectivity index (χ4v) is 4.84. The second-order valence-corrected chi connectivity index (χ2v) is 9.16. The number of ether oxygens (including phenoxy) is 1. The summed E-state index contributed by atoms with van der Waals surface area (Å²) in [5.74, 6) is 0.233. The first kappa shape index (κ1) is 25.6. The number of ketones is 1. The number of carboxylic acids is 1. The topological polar surface area (TPSA) is 104 Å². The van der Waals surface area contributed by atoms with E-state index in [1.54, 1.807) is 23.9 Å². The van der Waals surface area contributed by atoms with Gasteiger partial charge in [-0.2, -0.15) is 11.8 Å². The zero-order chi connectivity index (χ0) is 22.6. The minimum Gasteiger partial charge on any atom is -0.481 e. The van der Waals surface area contributed by atoms with Gasteiger partial charge in [-0.15, -0.1) is 0 Å². The van der Waals surface area contributed by atoms with Crippen molar-refractivity contribution in [3.05, 3.63) is 47.5 Å². The summed E-state index contributed by atoms with van der Waals surface area (Å²) in [6.45, 7) is 3.15. The van der Waals surface area contributed by atoms with Crippen LogP contribution in [0, 0.1) is 11.8 Å². The maximum absolute atomic E-state index is 12.3. The lowest BCUT2D eigenvalue weighted by atomic mass is 9.91. The molecule has 1 aliphatic carbocycles. The van der Waals surface area contributed by atoms with Gasteiger partial charge < -0.3 is 20.1 Å². The van der Waals surface area contributed by atoms with Gasteiger partial charge in [-0.25, -0.2) is 0 Å². The smallest absolute Gasteiger partial charge is 0.303 e. The lowest BCUT2D eigenvalue weighted by Gasteiger charge is -2.18. The fourth-order valence-electron chi connectivity index (χ4n) is 3.86.